The summed E-state index contributed by atoms with van der Waals surface area (Å²) >= 11 is 1.50. The lowest BCUT2D eigenvalue weighted by atomic mass is 9.92. The van der Waals surface area contributed by atoms with Gasteiger partial charge in [0.25, 0.3) is 0 Å². The maximum atomic E-state index is 6.00. The van der Waals surface area contributed by atoms with Gasteiger partial charge in [0.05, 0.1) is 12.1 Å². The first kappa shape index (κ1) is 17.5. The molecule has 132 valence electrons. The highest BCUT2D eigenvalue weighted by Crippen LogP contribution is 2.30. The summed E-state index contributed by atoms with van der Waals surface area (Å²) in [5, 5.41) is 9.65. The van der Waals surface area contributed by atoms with Crippen LogP contribution in [-0.2, 0) is 18.3 Å². The lowest BCUT2D eigenvalue weighted by molar-refractivity contribution is -0.0845. The molecule has 7 heteroatoms. The fraction of sp³-hybridized carbons (Fsp3) is 0.647. The van der Waals surface area contributed by atoms with Crippen LogP contribution in [0.25, 0.3) is 0 Å². The van der Waals surface area contributed by atoms with Crippen LogP contribution in [0.1, 0.15) is 39.4 Å². The number of aryl methyl sites for hydroxylation is 1. The van der Waals surface area contributed by atoms with Gasteiger partial charge in [0.2, 0.25) is 0 Å². The van der Waals surface area contributed by atoms with E-state index in [1.807, 2.05) is 17.7 Å². The molecule has 2 aromatic heterocycles. The summed E-state index contributed by atoms with van der Waals surface area (Å²) in [6.07, 6.45) is 3.83. The minimum absolute atomic E-state index is 0.0360. The minimum atomic E-state index is -0.0360. The van der Waals surface area contributed by atoms with Crippen LogP contribution in [-0.4, -0.2) is 44.5 Å². The van der Waals surface area contributed by atoms with Crippen LogP contribution in [0.5, 0.6) is 0 Å². The van der Waals surface area contributed by atoms with Crippen molar-refractivity contribution in [2.24, 2.45) is 7.05 Å². The normalized spacial score (nSPS) is 20.6. The van der Waals surface area contributed by atoms with Crippen LogP contribution in [0.3, 0.4) is 0 Å². The Balaban J connectivity index is 1.63. The summed E-state index contributed by atoms with van der Waals surface area (Å²) in [5.41, 5.74) is -0.0360. The van der Waals surface area contributed by atoms with Crippen LogP contribution in [0, 0.1) is 0 Å². The number of ether oxygens (including phenoxy) is 1. The van der Waals surface area contributed by atoms with Gasteiger partial charge in [-0.05, 0) is 57.1 Å². The highest BCUT2D eigenvalue weighted by molar-refractivity contribution is 7.99. The van der Waals surface area contributed by atoms with Gasteiger partial charge in [-0.2, -0.15) is 0 Å². The van der Waals surface area contributed by atoms with Gasteiger partial charge < -0.3 is 13.7 Å². The van der Waals surface area contributed by atoms with Crippen molar-refractivity contribution in [1.82, 2.24) is 19.7 Å². The number of rotatable bonds is 6. The number of hydrogen-bond donors (Lipinski definition) is 0. The standard InChI is InChI=1S/C17H26N4O2S/c1-5-21(13-8-9-22-17(2,3)10-13)11-14-6-7-15(23-14)24-16-19-18-12-20(16)4/h6-7,12-13H,5,8-11H2,1-4H3. The predicted molar refractivity (Wildman–Crippen MR) is 93.0 cm³/mol. The molecule has 1 saturated heterocycles. The monoisotopic (exact) mass is 350 g/mol. The molecule has 2 aromatic rings. The summed E-state index contributed by atoms with van der Waals surface area (Å²) in [4.78, 5) is 2.49. The molecule has 0 aliphatic carbocycles. The highest BCUT2D eigenvalue weighted by atomic mass is 32.2. The van der Waals surface area contributed by atoms with Crippen molar-refractivity contribution < 1.29 is 9.15 Å². The quantitative estimate of drug-likeness (QED) is 0.796. The van der Waals surface area contributed by atoms with E-state index in [1.165, 1.54) is 11.8 Å². The molecule has 0 N–H and O–H groups in total. The van der Waals surface area contributed by atoms with Crippen LogP contribution in [0.4, 0.5) is 0 Å². The molecule has 0 aromatic carbocycles. The number of hydrogen-bond acceptors (Lipinski definition) is 6. The first-order valence-corrected chi connectivity index (χ1v) is 9.27. The van der Waals surface area contributed by atoms with E-state index in [0.717, 1.165) is 48.5 Å². The van der Waals surface area contributed by atoms with Crippen molar-refractivity contribution in [1.29, 1.82) is 0 Å². The smallest absolute Gasteiger partial charge is 0.198 e. The Labute approximate surface area is 147 Å². The van der Waals surface area contributed by atoms with Gasteiger partial charge in [-0.25, -0.2) is 0 Å². The SMILES string of the molecule is CCN(Cc1ccc(Sc2nncn2C)o1)C1CCOC(C)(C)C1. The molecule has 0 radical (unpaired) electrons. The van der Waals surface area contributed by atoms with E-state index in [1.54, 1.807) is 6.33 Å². The van der Waals surface area contributed by atoms with Gasteiger partial charge in [-0.1, -0.05) is 6.92 Å². The molecule has 1 fully saturated rings. The molecular formula is C17H26N4O2S. The number of furan rings is 1. The Hall–Kier alpha value is -1.31. The van der Waals surface area contributed by atoms with Crippen molar-refractivity contribution in [2.45, 2.75) is 62.0 Å². The maximum absolute atomic E-state index is 6.00. The molecule has 3 heterocycles. The third-order valence-corrected chi connectivity index (χ3v) is 5.42. The lowest BCUT2D eigenvalue weighted by Crippen LogP contribution is -2.45. The fourth-order valence-corrected chi connectivity index (χ4v) is 3.91. The molecule has 0 bridgehead atoms. The zero-order valence-corrected chi connectivity index (χ0v) is 15.7. The van der Waals surface area contributed by atoms with Gasteiger partial charge in [0.15, 0.2) is 10.2 Å². The van der Waals surface area contributed by atoms with Crippen molar-refractivity contribution in [3.05, 3.63) is 24.2 Å². The van der Waals surface area contributed by atoms with Crippen molar-refractivity contribution in [2.75, 3.05) is 13.2 Å². The zero-order chi connectivity index (χ0) is 17.2. The molecule has 1 atom stereocenters. The molecule has 0 amide bonds. The fourth-order valence-electron chi connectivity index (χ4n) is 3.16. The summed E-state index contributed by atoms with van der Waals surface area (Å²) < 4.78 is 13.7. The van der Waals surface area contributed by atoms with Crippen LogP contribution in [0.15, 0.2) is 33.1 Å². The minimum Gasteiger partial charge on any atom is -0.453 e. The number of aromatic nitrogens is 3. The van der Waals surface area contributed by atoms with Crippen LogP contribution in [0.2, 0.25) is 0 Å². The molecule has 24 heavy (non-hydrogen) atoms. The molecule has 6 nitrogen and oxygen atoms in total. The zero-order valence-electron chi connectivity index (χ0n) is 14.9. The van der Waals surface area contributed by atoms with Gasteiger partial charge in [0.1, 0.15) is 12.1 Å². The van der Waals surface area contributed by atoms with E-state index in [-0.39, 0.29) is 5.60 Å². The second-order valence-corrected chi connectivity index (χ2v) is 7.84. The Kier molecular flexibility index (Phi) is 5.32. The largest absolute Gasteiger partial charge is 0.453 e. The summed E-state index contributed by atoms with van der Waals surface area (Å²) in [5.74, 6) is 0.991. The third kappa shape index (κ3) is 4.20. The number of nitrogens with zero attached hydrogens (tertiary/aromatic N) is 4. The van der Waals surface area contributed by atoms with E-state index in [2.05, 4.69) is 41.9 Å². The second kappa shape index (κ2) is 7.29. The molecule has 0 saturated carbocycles. The van der Waals surface area contributed by atoms with Crippen molar-refractivity contribution >= 4 is 11.8 Å². The first-order valence-electron chi connectivity index (χ1n) is 8.45. The average Bonchev–Trinajstić information content (AvgIpc) is 3.14. The Morgan fingerprint density at radius 1 is 1.42 bits per heavy atom. The van der Waals surface area contributed by atoms with Crippen LogP contribution >= 0.6 is 11.8 Å². The van der Waals surface area contributed by atoms with E-state index < -0.39 is 0 Å². The average molecular weight is 350 g/mol. The van der Waals surface area contributed by atoms with E-state index in [0.29, 0.717) is 6.04 Å². The Bertz CT molecular complexity index is 667. The van der Waals surface area contributed by atoms with Gasteiger partial charge >= 0.3 is 0 Å². The topological polar surface area (TPSA) is 56.3 Å². The summed E-state index contributed by atoms with van der Waals surface area (Å²) in [6.45, 7) is 9.23. The van der Waals surface area contributed by atoms with Crippen molar-refractivity contribution in [3.8, 4) is 0 Å². The molecule has 3 rings (SSSR count). The molecule has 1 aliphatic heterocycles. The Morgan fingerprint density at radius 3 is 2.92 bits per heavy atom. The van der Waals surface area contributed by atoms with E-state index in [4.69, 9.17) is 9.15 Å². The Morgan fingerprint density at radius 2 is 2.25 bits per heavy atom. The van der Waals surface area contributed by atoms with Crippen molar-refractivity contribution in [3.63, 3.8) is 0 Å². The van der Waals surface area contributed by atoms with Crippen LogP contribution < -0.4 is 0 Å². The highest BCUT2D eigenvalue weighted by Gasteiger charge is 2.32. The maximum Gasteiger partial charge on any atom is 0.198 e. The van der Waals surface area contributed by atoms with Gasteiger partial charge in [-0.3, -0.25) is 4.90 Å². The van der Waals surface area contributed by atoms with Gasteiger partial charge in [0, 0.05) is 19.7 Å². The third-order valence-electron chi connectivity index (χ3n) is 4.45. The summed E-state index contributed by atoms with van der Waals surface area (Å²) in [7, 11) is 1.93. The van der Waals surface area contributed by atoms with E-state index in [9.17, 15) is 0 Å². The molecular weight excluding hydrogens is 324 g/mol. The van der Waals surface area contributed by atoms with E-state index >= 15 is 0 Å². The molecule has 1 unspecified atom stereocenters. The molecule has 1 aliphatic rings. The molecule has 0 spiro atoms. The summed E-state index contributed by atoms with van der Waals surface area (Å²) in [6, 6.07) is 4.61. The second-order valence-electron chi connectivity index (χ2n) is 6.87. The predicted octanol–water partition coefficient (Wildman–Crippen LogP) is 3.34. The van der Waals surface area contributed by atoms with Gasteiger partial charge in [-0.15, -0.1) is 10.2 Å². The lowest BCUT2D eigenvalue weighted by Gasteiger charge is -2.40. The first-order chi connectivity index (χ1) is 11.5.